The van der Waals surface area contributed by atoms with Gasteiger partial charge in [0.25, 0.3) is 0 Å². The quantitative estimate of drug-likeness (QED) is 0.639. The minimum Gasteiger partial charge on any atom is -0.356 e. The Morgan fingerprint density at radius 1 is 1.47 bits per heavy atom. The fraction of sp³-hybridized carbons (Fsp3) is 0.909. The lowest BCUT2D eigenvalue weighted by atomic mass is 10.0. The number of carbonyl (C=O) groups excluding carboxylic acids is 1. The van der Waals surface area contributed by atoms with Gasteiger partial charge in [-0.05, 0) is 25.0 Å². The number of hydrogen-bond donors (Lipinski definition) is 1. The highest BCUT2D eigenvalue weighted by Crippen LogP contribution is 2.11. The molecule has 1 amide bonds. The Morgan fingerprint density at radius 2 is 2.20 bits per heavy atom. The molecule has 0 aromatic heterocycles. The molecule has 0 aliphatic rings. The van der Waals surface area contributed by atoms with E-state index in [0.29, 0.717) is 18.2 Å². The molecule has 1 unspecified atom stereocenters. The summed E-state index contributed by atoms with van der Waals surface area (Å²) in [4.78, 5) is 11.4. The van der Waals surface area contributed by atoms with Crippen LogP contribution >= 0.6 is 23.4 Å². The molecule has 0 aliphatic carbocycles. The van der Waals surface area contributed by atoms with Crippen molar-refractivity contribution in [1.82, 2.24) is 5.32 Å². The number of hydrogen-bond acceptors (Lipinski definition) is 2. The zero-order valence-corrected chi connectivity index (χ0v) is 11.3. The second-order valence-electron chi connectivity index (χ2n) is 3.68. The first-order valence-electron chi connectivity index (χ1n) is 5.56. The van der Waals surface area contributed by atoms with Crippen molar-refractivity contribution in [1.29, 1.82) is 0 Å². The Bertz CT molecular complexity index is 161. The molecule has 0 aromatic rings. The van der Waals surface area contributed by atoms with Crippen LogP contribution in [0.15, 0.2) is 0 Å². The molecule has 0 heterocycles. The van der Waals surface area contributed by atoms with Gasteiger partial charge in [0.1, 0.15) is 0 Å². The maximum Gasteiger partial charge on any atom is 0.220 e. The van der Waals surface area contributed by atoms with E-state index in [4.69, 9.17) is 11.6 Å². The van der Waals surface area contributed by atoms with Gasteiger partial charge in [-0.15, -0.1) is 11.6 Å². The molecular formula is C11H22ClNOS. The Balaban J connectivity index is 3.62. The summed E-state index contributed by atoms with van der Waals surface area (Å²) in [5.41, 5.74) is 0. The lowest BCUT2D eigenvalue weighted by Gasteiger charge is -2.15. The first-order chi connectivity index (χ1) is 7.24. The number of nitrogens with one attached hydrogen (secondary N) is 1. The molecule has 15 heavy (non-hydrogen) atoms. The van der Waals surface area contributed by atoms with Crippen molar-refractivity contribution in [3.63, 3.8) is 0 Å². The van der Waals surface area contributed by atoms with Crippen LogP contribution in [0.3, 0.4) is 0 Å². The molecule has 90 valence electrons. The summed E-state index contributed by atoms with van der Waals surface area (Å²) in [6.45, 7) is 2.95. The lowest BCUT2D eigenvalue weighted by molar-refractivity contribution is -0.120. The van der Waals surface area contributed by atoms with E-state index in [-0.39, 0.29) is 5.91 Å². The number of halogens is 1. The van der Waals surface area contributed by atoms with Crippen LogP contribution < -0.4 is 5.32 Å². The van der Waals surface area contributed by atoms with Crippen LogP contribution in [0.2, 0.25) is 0 Å². The topological polar surface area (TPSA) is 29.1 Å². The summed E-state index contributed by atoms with van der Waals surface area (Å²) in [6.07, 6.45) is 5.94. The first-order valence-corrected chi connectivity index (χ1v) is 7.49. The maximum absolute atomic E-state index is 11.4. The normalized spacial score (nSPS) is 12.5. The number of thioether (sulfide) groups is 1. The molecule has 0 spiro atoms. The van der Waals surface area contributed by atoms with E-state index in [2.05, 4.69) is 12.2 Å². The predicted octanol–water partition coefficient (Wildman–Crippen LogP) is 2.90. The van der Waals surface area contributed by atoms with E-state index >= 15 is 0 Å². The van der Waals surface area contributed by atoms with Crippen LogP contribution in [0.5, 0.6) is 0 Å². The lowest BCUT2D eigenvalue weighted by Crippen LogP contribution is -2.29. The highest BCUT2D eigenvalue weighted by molar-refractivity contribution is 7.98. The Morgan fingerprint density at radius 3 is 2.73 bits per heavy atom. The van der Waals surface area contributed by atoms with Crippen LogP contribution in [-0.2, 0) is 4.79 Å². The second kappa shape index (κ2) is 10.6. The minimum absolute atomic E-state index is 0.167. The van der Waals surface area contributed by atoms with E-state index in [1.165, 1.54) is 0 Å². The largest absolute Gasteiger partial charge is 0.356 e. The van der Waals surface area contributed by atoms with Gasteiger partial charge in [0.05, 0.1) is 0 Å². The summed E-state index contributed by atoms with van der Waals surface area (Å²) >= 11 is 7.42. The Labute approximate surface area is 103 Å². The van der Waals surface area contributed by atoms with Gasteiger partial charge in [0, 0.05) is 24.6 Å². The molecule has 4 heteroatoms. The standard InChI is InChI=1S/C11H22ClNOS/c1-3-4-10(5-7-12)9-13-11(14)6-8-15-2/h10H,3-9H2,1-2H3,(H,13,14). The second-order valence-corrected chi connectivity index (χ2v) is 5.04. The Hall–Kier alpha value is 0.110. The van der Waals surface area contributed by atoms with E-state index in [1.54, 1.807) is 11.8 Å². The van der Waals surface area contributed by atoms with Crippen LogP contribution in [0.4, 0.5) is 0 Å². The number of alkyl halides is 1. The summed E-state index contributed by atoms with van der Waals surface area (Å²) in [6, 6.07) is 0. The van der Waals surface area contributed by atoms with Crippen molar-refractivity contribution in [2.24, 2.45) is 5.92 Å². The third-order valence-corrected chi connectivity index (χ3v) is 3.17. The summed E-state index contributed by atoms with van der Waals surface area (Å²) in [7, 11) is 0. The number of amides is 1. The van der Waals surface area contributed by atoms with E-state index in [1.807, 2.05) is 6.26 Å². The van der Waals surface area contributed by atoms with E-state index < -0.39 is 0 Å². The average molecular weight is 252 g/mol. The zero-order valence-electron chi connectivity index (χ0n) is 9.72. The molecule has 0 saturated carbocycles. The van der Waals surface area contributed by atoms with E-state index in [0.717, 1.165) is 31.6 Å². The van der Waals surface area contributed by atoms with Gasteiger partial charge in [-0.3, -0.25) is 4.79 Å². The van der Waals surface area contributed by atoms with Crippen LogP contribution in [0, 0.1) is 5.92 Å². The molecule has 1 atom stereocenters. The number of carbonyl (C=O) groups is 1. The third kappa shape index (κ3) is 9.06. The van der Waals surface area contributed by atoms with Gasteiger partial charge in [-0.25, -0.2) is 0 Å². The van der Waals surface area contributed by atoms with E-state index in [9.17, 15) is 4.79 Å². The van der Waals surface area contributed by atoms with Crippen molar-refractivity contribution in [2.45, 2.75) is 32.6 Å². The van der Waals surface area contributed by atoms with Crippen molar-refractivity contribution in [3.8, 4) is 0 Å². The molecule has 2 nitrogen and oxygen atoms in total. The van der Waals surface area contributed by atoms with Crippen molar-refractivity contribution >= 4 is 29.3 Å². The maximum atomic E-state index is 11.4. The van der Waals surface area contributed by atoms with Gasteiger partial charge in [-0.2, -0.15) is 11.8 Å². The van der Waals surface area contributed by atoms with Crippen molar-refractivity contribution in [2.75, 3.05) is 24.4 Å². The fourth-order valence-electron chi connectivity index (χ4n) is 1.45. The smallest absolute Gasteiger partial charge is 0.220 e. The molecule has 1 N–H and O–H groups in total. The Kier molecular flexibility index (Phi) is 10.7. The molecule has 0 bridgehead atoms. The van der Waals surface area contributed by atoms with Crippen LogP contribution in [-0.4, -0.2) is 30.3 Å². The van der Waals surface area contributed by atoms with Gasteiger partial charge in [-0.1, -0.05) is 13.3 Å². The SMILES string of the molecule is CCCC(CCCl)CNC(=O)CCSC. The molecule has 0 saturated heterocycles. The molecule has 0 aromatic carbocycles. The van der Waals surface area contributed by atoms with Crippen LogP contribution in [0.25, 0.3) is 0 Å². The van der Waals surface area contributed by atoms with Crippen LogP contribution in [0.1, 0.15) is 32.6 Å². The van der Waals surface area contributed by atoms with Gasteiger partial charge in [0.15, 0.2) is 0 Å². The van der Waals surface area contributed by atoms with Gasteiger partial charge in [0.2, 0.25) is 5.91 Å². The summed E-state index contributed by atoms with van der Waals surface area (Å²) in [5.74, 6) is 2.30. The fourth-order valence-corrected chi connectivity index (χ4v) is 2.15. The highest BCUT2D eigenvalue weighted by atomic mass is 35.5. The summed E-state index contributed by atoms with van der Waals surface area (Å²) < 4.78 is 0. The monoisotopic (exact) mass is 251 g/mol. The minimum atomic E-state index is 0.167. The highest BCUT2D eigenvalue weighted by Gasteiger charge is 2.08. The molecule has 0 radical (unpaired) electrons. The summed E-state index contributed by atoms with van der Waals surface area (Å²) in [5, 5.41) is 2.98. The third-order valence-electron chi connectivity index (χ3n) is 2.34. The number of rotatable bonds is 9. The van der Waals surface area contributed by atoms with Crippen molar-refractivity contribution < 1.29 is 4.79 Å². The van der Waals surface area contributed by atoms with Gasteiger partial charge >= 0.3 is 0 Å². The first kappa shape index (κ1) is 15.1. The molecule has 0 rings (SSSR count). The molecular weight excluding hydrogens is 230 g/mol. The predicted molar refractivity (Wildman–Crippen MR) is 69.7 cm³/mol. The average Bonchev–Trinajstić information content (AvgIpc) is 2.23. The van der Waals surface area contributed by atoms with Crippen molar-refractivity contribution in [3.05, 3.63) is 0 Å². The van der Waals surface area contributed by atoms with Gasteiger partial charge < -0.3 is 5.32 Å². The molecule has 0 fully saturated rings. The molecule has 0 aliphatic heterocycles. The zero-order chi connectivity index (χ0) is 11.5.